The van der Waals surface area contributed by atoms with E-state index in [4.69, 9.17) is 0 Å². The Bertz CT molecular complexity index is 834. The minimum atomic E-state index is -0.315. The fraction of sp³-hybridized carbons (Fsp3) is 0.333. The lowest BCUT2D eigenvalue weighted by molar-refractivity contribution is 0.102. The van der Waals surface area contributed by atoms with Crippen LogP contribution in [-0.4, -0.2) is 53.7 Å². The van der Waals surface area contributed by atoms with Gasteiger partial charge >= 0.3 is 0 Å². The van der Waals surface area contributed by atoms with Crippen molar-refractivity contribution >= 4 is 11.6 Å². The summed E-state index contributed by atoms with van der Waals surface area (Å²) >= 11 is 0. The second kappa shape index (κ2) is 6.77. The number of rotatable bonds is 4. The second-order valence-electron chi connectivity index (χ2n) is 5.78. The van der Waals surface area contributed by atoms with Crippen LogP contribution in [0, 0.1) is 0 Å². The third-order valence-electron chi connectivity index (χ3n) is 4.05. The number of amides is 1. The molecule has 2 N–H and O–H groups in total. The van der Waals surface area contributed by atoms with Gasteiger partial charge in [0.1, 0.15) is 12.7 Å². The van der Waals surface area contributed by atoms with Crippen LogP contribution in [-0.2, 0) is 0 Å². The van der Waals surface area contributed by atoms with Crippen molar-refractivity contribution in [1.29, 1.82) is 0 Å². The molecular weight excluding hydrogens is 322 g/mol. The van der Waals surface area contributed by atoms with Crippen molar-refractivity contribution in [3.05, 3.63) is 42.9 Å². The zero-order valence-corrected chi connectivity index (χ0v) is 13.4. The molecule has 1 fully saturated rings. The summed E-state index contributed by atoms with van der Waals surface area (Å²) in [6.07, 6.45) is 8.36. The Morgan fingerprint density at radius 2 is 2.32 bits per heavy atom. The van der Waals surface area contributed by atoms with Crippen LogP contribution in [0.1, 0.15) is 29.4 Å². The maximum atomic E-state index is 12.3. The highest BCUT2D eigenvalue weighted by Crippen LogP contribution is 2.16. The van der Waals surface area contributed by atoms with Gasteiger partial charge in [-0.05, 0) is 31.5 Å². The molecule has 0 bridgehead atoms. The first kappa shape index (κ1) is 15.4. The SMILES string of the molecule is O=C(Nc1ccc(-n2cncn2)nc1)c1cn(C2CCCNC2)nn1. The quantitative estimate of drug-likeness (QED) is 0.708. The summed E-state index contributed by atoms with van der Waals surface area (Å²) in [6.45, 7) is 1.87. The van der Waals surface area contributed by atoms with E-state index >= 15 is 0 Å². The van der Waals surface area contributed by atoms with Crippen molar-refractivity contribution in [2.75, 3.05) is 18.4 Å². The van der Waals surface area contributed by atoms with E-state index in [2.05, 4.69) is 36.0 Å². The summed E-state index contributed by atoms with van der Waals surface area (Å²) < 4.78 is 3.29. The predicted molar refractivity (Wildman–Crippen MR) is 88.3 cm³/mol. The van der Waals surface area contributed by atoms with Gasteiger partial charge in [0.25, 0.3) is 5.91 Å². The lowest BCUT2D eigenvalue weighted by Crippen LogP contribution is -2.31. The third kappa shape index (κ3) is 3.38. The first-order valence-electron chi connectivity index (χ1n) is 8.04. The van der Waals surface area contributed by atoms with Crippen molar-refractivity contribution in [1.82, 2.24) is 40.1 Å². The Hall–Kier alpha value is -3.14. The van der Waals surface area contributed by atoms with E-state index < -0.39 is 0 Å². The average Bonchev–Trinajstić information content (AvgIpc) is 3.35. The molecule has 0 spiro atoms. The van der Waals surface area contributed by atoms with Crippen LogP contribution < -0.4 is 10.6 Å². The van der Waals surface area contributed by atoms with Gasteiger partial charge in [0.15, 0.2) is 11.5 Å². The molecule has 0 radical (unpaired) electrons. The minimum Gasteiger partial charge on any atom is -0.319 e. The Labute approximate surface area is 143 Å². The molecule has 128 valence electrons. The number of hydrogen-bond acceptors (Lipinski definition) is 7. The zero-order valence-electron chi connectivity index (χ0n) is 13.4. The van der Waals surface area contributed by atoms with Crippen molar-refractivity contribution in [2.24, 2.45) is 0 Å². The van der Waals surface area contributed by atoms with Gasteiger partial charge in [0, 0.05) is 6.54 Å². The molecule has 3 aromatic rings. The monoisotopic (exact) mass is 339 g/mol. The molecule has 1 atom stereocenters. The van der Waals surface area contributed by atoms with Crippen LogP contribution in [0.25, 0.3) is 5.82 Å². The summed E-state index contributed by atoms with van der Waals surface area (Å²) in [4.78, 5) is 20.4. The fourth-order valence-electron chi connectivity index (χ4n) is 2.74. The van der Waals surface area contributed by atoms with Gasteiger partial charge in [0.05, 0.1) is 24.1 Å². The Morgan fingerprint density at radius 1 is 1.36 bits per heavy atom. The first-order chi connectivity index (χ1) is 12.3. The van der Waals surface area contributed by atoms with Gasteiger partial charge in [-0.25, -0.2) is 19.3 Å². The van der Waals surface area contributed by atoms with Gasteiger partial charge in [0.2, 0.25) is 0 Å². The van der Waals surface area contributed by atoms with Crippen LogP contribution in [0.15, 0.2) is 37.2 Å². The highest BCUT2D eigenvalue weighted by molar-refractivity contribution is 6.02. The molecule has 1 unspecified atom stereocenters. The maximum Gasteiger partial charge on any atom is 0.277 e. The standard InChI is InChI=1S/C15H17N9O/c25-15(13-8-23(22-21-13)12-2-1-5-16-7-12)20-11-3-4-14(18-6-11)24-10-17-9-19-24/h3-4,6,8-10,12,16H,1-2,5,7H2,(H,20,25). The largest absolute Gasteiger partial charge is 0.319 e. The van der Waals surface area contributed by atoms with E-state index in [-0.39, 0.29) is 17.6 Å². The topological polar surface area (TPSA) is 115 Å². The van der Waals surface area contributed by atoms with E-state index in [1.165, 1.54) is 11.0 Å². The number of carbonyl (C=O) groups excluding carboxylic acids is 1. The van der Waals surface area contributed by atoms with Crippen molar-refractivity contribution in [3.63, 3.8) is 0 Å². The number of aromatic nitrogens is 7. The van der Waals surface area contributed by atoms with E-state index in [9.17, 15) is 4.79 Å². The molecule has 1 aliphatic heterocycles. The Morgan fingerprint density at radius 3 is 3.04 bits per heavy atom. The van der Waals surface area contributed by atoms with Gasteiger partial charge in [-0.2, -0.15) is 5.10 Å². The van der Waals surface area contributed by atoms with Crippen LogP contribution in [0.4, 0.5) is 5.69 Å². The highest BCUT2D eigenvalue weighted by Gasteiger charge is 2.18. The lowest BCUT2D eigenvalue weighted by atomic mass is 10.1. The van der Waals surface area contributed by atoms with Crippen molar-refractivity contribution < 1.29 is 4.79 Å². The number of anilines is 1. The molecule has 0 saturated carbocycles. The highest BCUT2D eigenvalue weighted by atomic mass is 16.2. The molecule has 25 heavy (non-hydrogen) atoms. The van der Waals surface area contributed by atoms with Gasteiger partial charge < -0.3 is 10.6 Å². The molecule has 4 heterocycles. The second-order valence-corrected chi connectivity index (χ2v) is 5.78. The normalized spacial score (nSPS) is 17.4. The van der Waals surface area contributed by atoms with E-state index in [0.717, 1.165) is 25.9 Å². The van der Waals surface area contributed by atoms with Crippen LogP contribution in [0.3, 0.4) is 0 Å². The zero-order chi connectivity index (χ0) is 17.1. The summed E-state index contributed by atoms with van der Waals surface area (Å²) in [5.74, 6) is 0.302. The number of pyridine rings is 1. The maximum absolute atomic E-state index is 12.3. The summed E-state index contributed by atoms with van der Waals surface area (Å²) in [5.41, 5.74) is 0.855. The molecule has 1 amide bonds. The lowest BCUT2D eigenvalue weighted by Gasteiger charge is -2.22. The first-order valence-corrected chi connectivity index (χ1v) is 8.04. The Balaban J connectivity index is 1.42. The van der Waals surface area contributed by atoms with Crippen LogP contribution in [0.2, 0.25) is 0 Å². The molecule has 3 aromatic heterocycles. The summed E-state index contributed by atoms with van der Waals surface area (Å²) in [5, 5.41) is 18.1. The van der Waals surface area contributed by atoms with Crippen LogP contribution >= 0.6 is 0 Å². The molecule has 4 rings (SSSR count). The Kier molecular flexibility index (Phi) is 4.17. The van der Waals surface area contributed by atoms with Crippen molar-refractivity contribution in [3.8, 4) is 5.82 Å². The molecule has 1 saturated heterocycles. The minimum absolute atomic E-state index is 0.242. The van der Waals surface area contributed by atoms with E-state index in [1.54, 1.807) is 35.5 Å². The average molecular weight is 339 g/mol. The third-order valence-corrected chi connectivity index (χ3v) is 4.05. The number of nitrogens with zero attached hydrogens (tertiary/aromatic N) is 7. The summed E-state index contributed by atoms with van der Waals surface area (Å²) in [7, 11) is 0. The molecule has 10 nitrogen and oxygen atoms in total. The molecule has 0 aromatic carbocycles. The molecular formula is C15H17N9O. The fourth-order valence-corrected chi connectivity index (χ4v) is 2.74. The van der Waals surface area contributed by atoms with Gasteiger partial charge in [-0.3, -0.25) is 4.79 Å². The molecule has 1 aliphatic rings. The molecule has 0 aliphatic carbocycles. The smallest absolute Gasteiger partial charge is 0.277 e. The van der Waals surface area contributed by atoms with Gasteiger partial charge in [-0.1, -0.05) is 5.21 Å². The summed E-state index contributed by atoms with van der Waals surface area (Å²) in [6, 6.07) is 3.73. The van der Waals surface area contributed by atoms with Gasteiger partial charge in [-0.15, -0.1) is 5.10 Å². The van der Waals surface area contributed by atoms with Crippen molar-refractivity contribution in [2.45, 2.75) is 18.9 Å². The van der Waals surface area contributed by atoms with Crippen LogP contribution in [0.5, 0.6) is 0 Å². The number of nitrogens with one attached hydrogen (secondary N) is 2. The van der Waals surface area contributed by atoms with E-state index in [1.807, 2.05) is 0 Å². The number of hydrogen-bond donors (Lipinski definition) is 2. The molecule has 10 heteroatoms. The van der Waals surface area contributed by atoms with E-state index in [0.29, 0.717) is 11.5 Å². The number of piperidine rings is 1. The predicted octanol–water partition coefficient (Wildman–Crippen LogP) is 0.431. The number of carbonyl (C=O) groups is 1.